The Morgan fingerprint density at radius 2 is 1.58 bits per heavy atom. The molecule has 0 unspecified atom stereocenters. The fraction of sp³-hybridized carbons (Fsp3) is 0.250. The third-order valence-corrected chi connectivity index (χ3v) is 2.98. The van der Waals surface area contributed by atoms with Gasteiger partial charge in [-0.2, -0.15) is 0 Å². The number of ether oxygens (including phenoxy) is 2. The highest BCUT2D eigenvalue weighted by Crippen LogP contribution is 2.26. The summed E-state index contributed by atoms with van der Waals surface area (Å²) in [4.78, 5) is 0. The van der Waals surface area contributed by atoms with Crippen molar-refractivity contribution in [3.8, 4) is 11.5 Å². The fourth-order valence-electron chi connectivity index (χ4n) is 1.97. The van der Waals surface area contributed by atoms with E-state index in [0.29, 0.717) is 18.0 Å². The van der Waals surface area contributed by atoms with E-state index in [1.54, 1.807) is 7.11 Å². The molecule has 19 heavy (non-hydrogen) atoms. The Hall–Kier alpha value is -2.16. The number of rotatable bonds is 4. The molecule has 0 heterocycles. The van der Waals surface area contributed by atoms with Crippen LogP contribution in [0.1, 0.15) is 16.7 Å². The quantitative estimate of drug-likeness (QED) is 0.853. The van der Waals surface area contributed by atoms with Crippen molar-refractivity contribution < 1.29 is 9.47 Å². The van der Waals surface area contributed by atoms with Gasteiger partial charge in [-0.25, -0.2) is 0 Å². The van der Waals surface area contributed by atoms with E-state index in [2.05, 4.69) is 6.07 Å². The lowest BCUT2D eigenvalue weighted by Gasteiger charge is -2.12. The molecule has 0 spiro atoms. The first-order chi connectivity index (χ1) is 9.10. The third kappa shape index (κ3) is 3.19. The van der Waals surface area contributed by atoms with E-state index in [4.69, 9.17) is 15.2 Å². The molecular weight excluding hydrogens is 238 g/mol. The smallest absolute Gasteiger partial charge is 0.142 e. The summed E-state index contributed by atoms with van der Waals surface area (Å²) in [5.41, 5.74) is 9.91. The number of hydrogen-bond donors (Lipinski definition) is 1. The standard InChI is InChI=1S/C16H19NO2/c1-11-4-6-15(18-3)13(8-11)10-19-16-7-5-12(2)9-14(16)17/h4-9H,10,17H2,1-3H3. The molecule has 2 aromatic carbocycles. The minimum absolute atomic E-state index is 0.443. The van der Waals surface area contributed by atoms with Crippen LogP contribution >= 0.6 is 0 Å². The summed E-state index contributed by atoms with van der Waals surface area (Å²) in [6, 6.07) is 11.8. The molecule has 0 saturated carbocycles. The minimum atomic E-state index is 0.443. The van der Waals surface area contributed by atoms with Gasteiger partial charge < -0.3 is 15.2 Å². The number of aryl methyl sites for hydroxylation is 2. The Morgan fingerprint density at radius 1 is 0.947 bits per heavy atom. The van der Waals surface area contributed by atoms with Crippen molar-refractivity contribution in [2.75, 3.05) is 12.8 Å². The second kappa shape index (κ2) is 5.65. The Labute approximate surface area is 114 Å². The molecule has 3 nitrogen and oxygen atoms in total. The molecule has 2 N–H and O–H groups in total. The van der Waals surface area contributed by atoms with E-state index in [9.17, 15) is 0 Å². The molecule has 3 heteroatoms. The minimum Gasteiger partial charge on any atom is -0.496 e. The largest absolute Gasteiger partial charge is 0.496 e. The molecular formula is C16H19NO2. The molecule has 0 amide bonds. The predicted molar refractivity (Wildman–Crippen MR) is 77.7 cm³/mol. The summed E-state index contributed by atoms with van der Waals surface area (Å²) >= 11 is 0. The highest BCUT2D eigenvalue weighted by molar-refractivity contribution is 5.54. The lowest BCUT2D eigenvalue weighted by atomic mass is 10.1. The van der Waals surface area contributed by atoms with Crippen molar-refractivity contribution in [3.05, 3.63) is 53.1 Å². The molecule has 0 radical (unpaired) electrons. The van der Waals surface area contributed by atoms with Crippen molar-refractivity contribution >= 4 is 5.69 Å². The average Bonchev–Trinajstić information content (AvgIpc) is 2.38. The zero-order chi connectivity index (χ0) is 13.8. The van der Waals surface area contributed by atoms with Crippen molar-refractivity contribution in [2.24, 2.45) is 0 Å². The Kier molecular flexibility index (Phi) is 3.95. The topological polar surface area (TPSA) is 44.5 Å². The molecule has 0 aliphatic carbocycles. The summed E-state index contributed by atoms with van der Waals surface area (Å²) in [6.07, 6.45) is 0. The van der Waals surface area contributed by atoms with E-state index in [1.165, 1.54) is 5.56 Å². The van der Waals surface area contributed by atoms with Crippen LogP contribution in [0.4, 0.5) is 5.69 Å². The van der Waals surface area contributed by atoms with Crippen molar-refractivity contribution in [1.82, 2.24) is 0 Å². The second-order valence-electron chi connectivity index (χ2n) is 4.65. The van der Waals surface area contributed by atoms with Gasteiger partial charge in [-0.05, 0) is 43.7 Å². The molecule has 0 saturated heterocycles. The van der Waals surface area contributed by atoms with Gasteiger partial charge in [0, 0.05) is 5.56 Å². The fourth-order valence-corrected chi connectivity index (χ4v) is 1.97. The van der Waals surface area contributed by atoms with Gasteiger partial charge in [0.25, 0.3) is 0 Å². The average molecular weight is 257 g/mol. The molecule has 100 valence electrons. The lowest BCUT2D eigenvalue weighted by Crippen LogP contribution is -2.01. The van der Waals surface area contributed by atoms with Crippen LogP contribution in [0.5, 0.6) is 11.5 Å². The molecule has 0 aliphatic heterocycles. The lowest BCUT2D eigenvalue weighted by molar-refractivity contribution is 0.298. The highest BCUT2D eigenvalue weighted by Gasteiger charge is 2.06. The van der Waals surface area contributed by atoms with Crippen molar-refractivity contribution in [3.63, 3.8) is 0 Å². The zero-order valence-electron chi connectivity index (χ0n) is 11.6. The van der Waals surface area contributed by atoms with Crippen LogP contribution in [0.3, 0.4) is 0 Å². The maximum atomic E-state index is 5.93. The van der Waals surface area contributed by atoms with Crippen LogP contribution in [-0.4, -0.2) is 7.11 Å². The van der Waals surface area contributed by atoms with Crippen molar-refractivity contribution in [2.45, 2.75) is 20.5 Å². The van der Waals surface area contributed by atoms with E-state index in [1.807, 2.05) is 44.2 Å². The number of anilines is 1. The number of nitrogens with two attached hydrogens (primary N) is 1. The van der Waals surface area contributed by atoms with Gasteiger partial charge >= 0.3 is 0 Å². The normalized spacial score (nSPS) is 10.3. The molecule has 0 bridgehead atoms. The van der Waals surface area contributed by atoms with Gasteiger partial charge in [0.1, 0.15) is 18.1 Å². The van der Waals surface area contributed by atoms with Gasteiger partial charge in [-0.3, -0.25) is 0 Å². The highest BCUT2D eigenvalue weighted by atomic mass is 16.5. The Balaban J connectivity index is 2.16. The van der Waals surface area contributed by atoms with Crippen LogP contribution in [-0.2, 0) is 6.61 Å². The summed E-state index contributed by atoms with van der Waals surface area (Å²) in [6.45, 7) is 4.49. The molecule has 0 aliphatic rings. The maximum Gasteiger partial charge on any atom is 0.142 e. The first-order valence-electron chi connectivity index (χ1n) is 6.22. The van der Waals surface area contributed by atoms with E-state index >= 15 is 0 Å². The summed E-state index contributed by atoms with van der Waals surface area (Å²) < 4.78 is 11.1. The number of hydrogen-bond acceptors (Lipinski definition) is 3. The first-order valence-corrected chi connectivity index (χ1v) is 6.22. The number of methoxy groups -OCH3 is 1. The van der Waals surface area contributed by atoms with Crippen LogP contribution in [0.15, 0.2) is 36.4 Å². The summed E-state index contributed by atoms with van der Waals surface area (Å²) in [5.74, 6) is 1.53. The third-order valence-electron chi connectivity index (χ3n) is 2.98. The number of nitrogen functional groups attached to an aromatic ring is 1. The van der Waals surface area contributed by atoms with Gasteiger partial charge in [-0.1, -0.05) is 17.7 Å². The maximum absolute atomic E-state index is 5.93. The van der Waals surface area contributed by atoms with Crippen LogP contribution < -0.4 is 15.2 Å². The van der Waals surface area contributed by atoms with Crippen LogP contribution in [0.2, 0.25) is 0 Å². The molecule has 2 aromatic rings. The zero-order valence-corrected chi connectivity index (χ0v) is 11.6. The first kappa shape index (κ1) is 13.3. The summed E-state index contributed by atoms with van der Waals surface area (Å²) in [7, 11) is 1.66. The summed E-state index contributed by atoms with van der Waals surface area (Å²) in [5, 5.41) is 0. The second-order valence-corrected chi connectivity index (χ2v) is 4.65. The molecule has 0 atom stereocenters. The van der Waals surface area contributed by atoms with Gasteiger partial charge in [-0.15, -0.1) is 0 Å². The predicted octanol–water partition coefficient (Wildman–Crippen LogP) is 3.47. The molecule has 0 fully saturated rings. The monoisotopic (exact) mass is 257 g/mol. The van der Waals surface area contributed by atoms with E-state index in [-0.39, 0.29) is 0 Å². The van der Waals surface area contributed by atoms with Crippen molar-refractivity contribution in [1.29, 1.82) is 0 Å². The molecule has 0 aromatic heterocycles. The Morgan fingerprint density at radius 3 is 2.21 bits per heavy atom. The van der Waals surface area contributed by atoms with Gasteiger partial charge in [0.05, 0.1) is 12.8 Å². The van der Waals surface area contributed by atoms with E-state index in [0.717, 1.165) is 16.9 Å². The van der Waals surface area contributed by atoms with Gasteiger partial charge in [0.15, 0.2) is 0 Å². The van der Waals surface area contributed by atoms with Gasteiger partial charge in [0.2, 0.25) is 0 Å². The Bertz CT molecular complexity index is 579. The van der Waals surface area contributed by atoms with Crippen LogP contribution in [0.25, 0.3) is 0 Å². The molecule has 2 rings (SSSR count). The van der Waals surface area contributed by atoms with Crippen LogP contribution in [0, 0.1) is 13.8 Å². The number of benzene rings is 2. The van der Waals surface area contributed by atoms with E-state index < -0.39 is 0 Å². The SMILES string of the molecule is COc1ccc(C)cc1COc1ccc(C)cc1N.